The number of nitrogens with one attached hydrogen (secondary N) is 1. The predicted octanol–water partition coefficient (Wildman–Crippen LogP) is 2.38. The maximum atomic E-state index is 12.8. The van der Waals surface area contributed by atoms with Gasteiger partial charge in [-0.25, -0.2) is 9.37 Å². The molecule has 0 saturated heterocycles. The molecular formula is C16H14FN3O3. The fourth-order valence-electron chi connectivity index (χ4n) is 2.27. The summed E-state index contributed by atoms with van der Waals surface area (Å²) in [5.41, 5.74) is 1.10. The largest absolute Gasteiger partial charge is 0.443 e. The first-order valence-corrected chi connectivity index (χ1v) is 6.96. The molecule has 0 aliphatic heterocycles. The Kier molecular flexibility index (Phi) is 3.69. The number of carbonyl (C=O) groups excluding carboxylic acids is 1. The van der Waals surface area contributed by atoms with E-state index in [9.17, 15) is 14.0 Å². The maximum absolute atomic E-state index is 12.8. The van der Waals surface area contributed by atoms with Crippen LogP contribution >= 0.6 is 0 Å². The molecule has 6 nitrogen and oxygen atoms in total. The van der Waals surface area contributed by atoms with Gasteiger partial charge in [-0.05, 0) is 38.1 Å². The molecule has 3 rings (SSSR count). The molecule has 23 heavy (non-hydrogen) atoms. The van der Waals surface area contributed by atoms with Gasteiger partial charge in [0.25, 0.3) is 5.56 Å². The highest BCUT2D eigenvalue weighted by Crippen LogP contribution is 2.19. The van der Waals surface area contributed by atoms with Gasteiger partial charge in [-0.3, -0.25) is 14.2 Å². The Bertz CT molecular complexity index is 942. The van der Waals surface area contributed by atoms with E-state index in [2.05, 4.69) is 10.3 Å². The Hall–Kier alpha value is -2.96. The number of hydrogen-bond acceptors (Lipinski definition) is 4. The lowest BCUT2D eigenvalue weighted by atomic mass is 10.2. The van der Waals surface area contributed by atoms with Gasteiger partial charge >= 0.3 is 0 Å². The van der Waals surface area contributed by atoms with Crippen LogP contribution in [-0.2, 0) is 11.3 Å². The van der Waals surface area contributed by atoms with Gasteiger partial charge in [0.1, 0.15) is 29.8 Å². The summed E-state index contributed by atoms with van der Waals surface area (Å²) in [4.78, 5) is 28.5. The van der Waals surface area contributed by atoms with E-state index >= 15 is 0 Å². The van der Waals surface area contributed by atoms with Crippen LogP contribution in [0.2, 0.25) is 0 Å². The molecule has 0 fully saturated rings. The first kappa shape index (κ1) is 15.0. The molecule has 1 aromatic carbocycles. The summed E-state index contributed by atoms with van der Waals surface area (Å²) in [7, 11) is 0. The number of halogens is 1. The minimum Gasteiger partial charge on any atom is -0.443 e. The molecule has 0 aliphatic rings. The fourth-order valence-corrected chi connectivity index (χ4v) is 2.27. The number of benzene rings is 1. The van der Waals surface area contributed by atoms with Crippen LogP contribution in [0.4, 0.5) is 10.1 Å². The second kappa shape index (κ2) is 5.68. The van der Waals surface area contributed by atoms with Crippen molar-refractivity contribution in [2.45, 2.75) is 20.4 Å². The maximum Gasteiger partial charge on any atom is 0.265 e. The molecule has 7 heteroatoms. The zero-order valence-corrected chi connectivity index (χ0v) is 12.6. The first-order valence-electron chi connectivity index (χ1n) is 6.96. The Morgan fingerprint density at radius 2 is 2.00 bits per heavy atom. The molecule has 0 unspecified atom stereocenters. The number of amides is 1. The van der Waals surface area contributed by atoms with Crippen molar-refractivity contribution in [2.24, 2.45) is 0 Å². The average Bonchev–Trinajstić information content (AvgIpc) is 2.80. The zero-order chi connectivity index (χ0) is 16.6. The lowest BCUT2D eigenvalue weighted by Gasteiger charge is -2.07. The second-order valence-corrected chi connectivity index (χ2v) is 5.20. The van der Waals surface area contributed by atoms with Crippen LogP contribution in [0.3, 0.4) is 0 Å². The number of rotatable bonds is 3. The van der Waals surface area contributed by atoms with Crippen molar-refractivity contribution in [1.82, 2.24) is 9.55 Å². The van der Waals surface area contributed by atoms with Gasteiger partial charge in [-0.15, -0.1) is 0 Å². The Morgan fingerprint density at radius 1 is 1.30 bits per heavy atom. The lowest BCUT2D eigenvalue weighted by Crippen LogP contribution is -2.27. The van der Waals surface area contributed by atoms with Crippen LogP contribution in [0.5, 0.6) is 0 Å². The van der Waals surface area contributed by atoms with E-state index in [1.807, 2.05) is 0 Å². The highest BCUT2D eigenvalue weighted by molar-refractivity contribution is 5.90. The Balaban J connectivity index is 1.85. The third-order valence-corrected chi connectivity index (χ3v) is 3.60. The number of carbonyl (C=O) groups is 1. The van der Waals surface area contributed by atoms with Gasteiger partial charge in [-0.1, -0.05) is 0 Å². The highest BCUT2D eigenvalue weighted by Gasteiger charge is 2.15. The van der Waals surface area contributed by atoms with Crippen LogP contribution in [0.15, 0.2) is 39.8 Å². The van der Waals surface area contributed by atoms with E-state index in [1.165, 1.54) is 35.2 Å². The van der Waals surface area contributed by atoms with Gasteiger partial charge in [0.2, 0.25) is 11.6 Å². The number of aromatic nitrogens is 2. The van der Waals surface area contributed by atoms with Crippen molar-refractivity contribution >= 4 is 22.7 Å². The number of nitrogens with zero attached hydrogens (tertiary/aromatic N) is 2. The van der Waals surface area contributed by atoms with Gasteiger partial charge in [0, 0.05) is 11.3 Å². The number of furan rings is 1. The number of hydrogen-bond donors (Lipinski definition) is 1. The lowest BCUT2D eigenvalue weighted by molar-refractivity contribution is -0.116. The van der Waals surface area contributed by atoms with Crippen molar-refractivity contribution in [2.75, 3.05) is 5.32 Å². The molecule has 0 bridgehead atoms. The number of fused-ring (bicyclic) bond motifs is 1. The summed E-state index contributed by atoms with van der Waals surface area (Å²) in [5, 5.41) is 2.97. The smallest absolute Gasteiger partial charge is 0.265 e. The summed E-state index contributed by atoms with van der Waals surface area (Å²) in [6.07, 6.45) is 1.28. The van der Waals surface area contributed by atoms with E-state index in [4.69, 9.17) is 4.42 Å². The van der Waals surface area contributed by atoms with Gasteiger partial charge in [-0.2, -0.15) is 0 Å². The standard InChI is InChI=1S/C16H14FN3O3/c1-9-10(2)23-15-14(9)16(22)20(8-18-15)7-13(21)19-12-5-3-11(17)4-6-12/h3-6,8H,7H2,1-2H3,(H,19,21). The molecule has 2 aromatic heterocycles. The van der Waals surface area contributed by atoms with Crippen LogP contribution in [-0.4, -0.2) is 15.5 Å². The fraction of sp³-hybridized carbons (Fsp3) is 0.188. The Morgan fingerprint density at radius 3 is 2.70 bits per heavy atom. The quantitative estimate of drug-likeness (QED) is 0.805. The minimum atomic E-state index is -0.405. The van der Waals surface area contributed by atoms with Crippen LogP contribution in [0.25, 0.3) is 11.1 Å². The van der Waals surface area contributed by atoms with Crippen LogP contribution < -0.4 is 10.9 Å². The summed E-state index contributed by atoms with van der Waals surface area (Å²) in [6, 6.07) is 5.38. The normalized spacial score (nSPS) is 10.9. The minimum absolute atomic E-state index is 0.192. The van der Waals surface area contributed by atoms with Crippen molar-refractivity contribution in [3.63, 3.8) is 0 Å². The van der Waals surface area contributed by atoms with Gasteiger partial charge in [0.05, 0.1) is 0 Å². The molecule has 1 N–H and O–H groups in total. The molecule has 2 heterocycles. The Labute approximate surface area is 130 Å². The van der Waals surface area contributed by atoms with Crippen molar-refractivity contribution in [1.29, 1.82) is 0 Å². The summed E-state index contributed by atoms with van der Waals surface area (Å²) in [5.74, 6) is -0.171. The molecule has 0 aliphatic carbocycles. The summed E-state index contributed by atoms with van der Waals surface area (Å²) < 4.78 is 19.4. The monoisotopic (exact) mass is 315 g/mol. The van der Waals surface area contributed by atoms with E-state index in [0.29, 0.717) is 22.4 Å². The predicted molar refractivity (Wildman–Crippen MR) is 82.8 cm³/mol. The first-order chi connectivity index (χ1) is 11.0. The molecule has 0 atom stereocenters. The number of aryl methyl sites for hydroxylation is 2. The van der Waals surface area contributed by atoms with Crippen molar-refractivity contribution in [3.8, 4) is 0 Å². The molecule has 0 radical (unpaired) electrons. The van der Waals surface area contributed by atoms with E-state index in [0.717, 1.165) is 0 Å². The van der Waals surface area contributed by atoms with E-state index in [1.54, 1.807) is 13.8 Å². The molecule has 3 aromatic rings. The molecule has 118 valence electrons. The molecule has 0 saturated carbocycles. The molecule has 0 spiro atoms. The van der Waals surface area contributed by atoms with Crippen LogP contribution in [0, 0.1) is 19.7 Å². The van der Waals surface area contributed by atoms with Crippen molar-refractivity contribution < 1.29 is 13.6 Å². The summed E-state index contributed by atoms with van der Waals surface area (Å²) in [6.45, 7) is 3.33. The second-order valence-electron chi connectivity index (χ2n) is 5.20. The van der Waals surface area contributed by atoms with E-state index in [-0.39, 0.29) is 23.6 Å². The molecular weight excluding hydrogens is 301 g/mol. The molecule has 1 amide bonds. The topological polar surface area (TPSA) is 77.1 Å². The third kappa shape index (κ3) is 2.85. The van der Waals surface area contributed by atoms with Gasteiger partial charge < -0.3 is 9.73 Å². The van der Waals surface area contributed by atoms with E-state index < -0.39 is 5.91 Å². The SMILES string of the molecule is Cc1oc2ncn(CC(=O)Nc3ccc(F)cc3)c(=O)c2c1C. The zero-order valence-electron chi connectivity index (χ0n) is 12.6. The number of anilines is 1. The highest BCUT2D eigenvalue weighted by atomic mass is 19.1. The average molecular weight is 315 g/mol. The third-order valence-electron chi connectivity index (χ3n) is 3.60. The van der Waals surface area contributed by atoms with Gasteiger partial charge in [0.15, 0.2) is 0 Å². The van der Waals surface area contributed by atoms with Crippen molar-refractivity contribution in [3.05, 3.63) is 58.1 Å². The van der Waals surface area contributed by atoms with Crippen LogP contribution in [0.1, 0.15) is 11.3 Å². The summed E-state index contributed by atoms with van der Waals surface area (Å²) >= 11 is 0.